The van der Waals surface area contributed by atoms with E-state index in [2.05, 4.69) is 11.9 Å². The van der Waals surface area contributed by atoms with Gasteiger partial charge in [0.15, 0.2) is 5.78 Å². The molecule has 2 aromatic rings. The van der Waals surface area contributed by atoms with Crippen molar-refractivity contribution in [3.63, 3.8) is 0 Å². The molecule has 1 saturated heterocycles. The van der Waals surface area contributed by atoms with Crippen molar-refractivity contribution in [2.24, 2.45) is 11.7 Å². The highest BCUT2D eigenvalue weighted by molar-refractivity contribution is 5.95. The smallest absolute Gasteiger partial charge is 0.247 e. The second-order valence-corrected chi connectivity index (χ2v) is 10.6. The number of carbonyl (C=O) groups is 5. The third-order valence-corrected chi connectivity index (χ3v) is 7.77. The summed E-state index contributed by atoms with van der Waals surface area (Å²) in [6.45, 7) is 2.54. The molecule has 11 nitrogen and oxygen atoms in total. The summed E-state index contributed by atoms with van der Waals surface area (Å²) in [7, 11) is 1.49. The first-order valence-corrected chi connectivity index (χ1v) is 14.0. The van der Waals surface area contributed by atoms with E-state index in [1.165, 1.54) is 11.9 Å². The number of ketones is 1. The van der Waals surface area contributed by atoms with E-state index in [-0.39, 0.29) is 37.5 Å². The van der Waals surface area contributed by atoms with Gasteiger partial charge in [-0.05, 0) is 43.7 Å². The summed E-state index contributed by atoms with van der Waals surface area (Å²) < 4.78 is 0. The number of aromatic amines is 1. The maximum Gasteiger partial charge on any atom is 0.247 e. The summed E-state index contributed by atoms with van der Waals surface area (Å²) in [6.07, 6.45) is 5.76. The number of benzene rings is 1. The molecule has 0 spiro atoms. The van der Waals surface area contributed by atoms with Crippen molar-refractivity contribution in [2.75, 3.05) is 13.6 Å². The van der Waals surface area contributed by atoms with Crippen molar-refractivity contribution >= 4 is 40.3 Å². The van der Waals surface area contributed by atoms with Crippen LogP contribution in [-0.4, -0.2) is 75.1 Å². The molecule has 218 valence electrons. The van der Waals surface area contributed by atoms with E-state index >= 15 is 0 Å². The van der Waals surface area contributed by atoms with Gasteiger partial charge in [0.2, 0.25) is 23.6 Å². The highest BCUT2D eigenvalue weighted by atomic mass is 16.5. The standard InChI is InChI=1S/C29H41N5O6/c1-3-4-5-12-27(37)34-15-8-11-24(34)29(39)33(2)23(13-14-26(30)36)25(35)17-19(28(38)32-40)16-20-18-31-22-10-7-6-9-21(20)22/h6-7,9-10,18-19,23-24,31,40H,3-5,8,11-17H2,1-2H3,(H2,30,36)(H,32,38)/t19-,23+,24+/m1/s1. The van der Waals surface area contributed by atoms with Crippen molar-refractivity contribution in [3.05, 3.63) is 36.0 Å². The third-order valence-electron chi connectivity index (χ3n) is 7.77. The number of hydrogen-bond acceptors (Lipinski definition) is 6. The zero-order valence-corrected chi connectivity index (χ0v) is 23.4. The van der Waals surface area contributed by atoms with Crippen LogP contribution >= 0.6 is 0 Å². The Labute approximate surface area is 234 Å². The number of hydrogen-bond donors (Lipinski definition) is 4. The molecule has 1 aliphatic heterocycles. The van der Waals surface area contributed by atoms with Crippen LogP contribution in [0.15, 0.2) is 30.5 Å². The second-order valence-electron chi connectivity index (χ2n) is 10.6. The number of H-pyrrole nitrogens is 1. The first-order chi connectivity index (χ1) is 19.2. The Morgan fingerprint density at radius 2 is 1.93 bits per heavy atom. The Balaban J connectivity index is 1.78. The maximum atomic E-state index is 13.6. The number of rotatable bonds is 15. The number of likely N-dealkylation sites (N-methyl/N-ethyl adjacent to an activating group) is 1. The first kappa shape index (κ1) is 30.8. The van der Waals surface area contributed by atoms with Crippen molar-refractivity contribution in [2.45, 2.75) is 83.2 Å². The predicted molar refractivity (Wildman–Crippen MR) is 149 cm³/mol. The fraction of sp³-hybridized carbons (Fsp3) is 0.552. The molecule has 0 radical (unpaired) electrons. The quantitative estimate of drug-likeness (QED) is 0.150. The summed E-state index contributed by atoms with van der Waals surface area (Å²) in [5.41, 5.74) is 8.70. The molecule has 1 fully saturated rings. The molecule has 3 atom stereocenters. The number of nitrogens with two attached hydrogens (primary N) is 1. The van der Waals surface area contributed by atoms with Crippen LogP contribution in [0.2, 0.25) is 0 Å². The van der Waals surface area contributed by atoms with E-state index in [9.17, 15) is 29.2 Å². The molecule has 1 aromatic heterocycles. The molecular formula is C29H41N5O6. The third kappa shape index (κ3) is 7.68. The van der Waals surface area contributed by atoms with Gasteiger partial charge in [-0.25, -0.2) is 5.48 Å². The van der Waals surface area contributed by atoms with E-state index < -0.39 is 35.6 Å². The molecule has 1 aliphatic rings. The molecule has 0 saturated carbocycles. The minimum atomic E-state index is -1.02. The Morgan fingerprint density at radius 1 is 1.18 bits per heavy atom. The van der Waals surface area contributed by atoms with Crippen LogP contribution in [-0.2, 0) is 30.4 Å². The van der Waals surface area contributed by atoms with Gasteiger partial charge in [0.1, 0.15) is 6.04 Å². The van der Waals surface area contributed by atoms with E-state index in [1.54, 1.807) is 16.6 Å². The SMILES string of the molecule is CCCCCC(=O)N1CCC[C@H]1C(=O)N(C)[C@@H](CCC(N)=O)C(=O)C[C@@H](Cc1c[nH]c2ccccc12)C(=O)NO. The molecule has 11 heteroatoms. The average Bonchev–Trinajstić information content (AvgIpc) is 3.59. The number of unbranched alkanes of at least 4 members (excludes halogenated alkanes) is 2. The van der Waals surface area contributed by atoms with Crippen LogP contribution in [0.3, 0.4) is 0 Å². The molecule has 1 aromatic carbocycles. The second kappa shape index (κ2) is 14.6. The van der Waals surface area contributed by atoms with Gasteiger partial charge in [-0.1, -0.05) is 38.0 Å². The van der Waals surface area contributed by atoms with Gasteiger partial charge in [0, 0.05) is 50.0 Å². The van der Waals surface area contributed by atoms with Gasteiger partial charge < -0.3 is 20.5 Å². The highest BCUT2D eigenvalue weighted by Crippen LogP contribution is 2.26. The first-order valence-electron chi connectivity index (χ1n) is 14.0. The molecule has 0 unspecified atom stereocenters. The molecule has 0 aliphatic carbocycles. The van der Waals surface area contributed by atoms with Gasteiger partial charge >= 0.3 is 0 Å². The lowest BCUT2D eigenvalue weighted by Crippen LogP contribution is -2.52. The number of nitrogens with zero attached hydrogens (tertiary/aromatic N) is 2. The number of Topliss-reactive ketones (excluding diaryl/α,β-unsaturated/α-hetero) is 1. The van der Waals surface area contributed by atoms with Gasteiger partial charge in [0.05, 0.1) is 12.0 Å². The summed E-state index contributed by atoms with van der Waals surface area (Å²) >= 11 is 0. The average molecular weight is 556 g/mol. The lowest BCUT2D eigenvalue weighted by Gasteiger charge is -2.33. The van der Waals surface area contributed by atoms with Gasteiger partial charge in [-0.2, -0.15) is 0 Å². The zero-order chi connectivity index (χ0) is 29.2. The van der Waals surface area contributed by atoms with Gasteiger partial charge in [-0.3, -0.25) is 29.2 Å². The monoisotopic (exact) mass is 555 g/mol. The molecule has 0 bridgehead atoms. The molecule has 40 heavy (non-hydrogen) atoms. The molecular weight excluding hydrogens is 514 g/mol. The van der Waals surface area contributed by atoms with Crippen molar-refractivity contribution < 1.29 is 29.2 Å². The molecule has 5 N–H and O–H groups in total. The molecule has 2 heterocycles. The van der Waals surface area contributed by atoms with Crippen LogP contribution in [0.5, 0.6) is 0 Å². The number of fused-ring (bicyclic) bond motifs is 1. The van der Waals surface area contributed by atoms with Crippen molar-refractivity contribution in [3.8, 4) is 0 Å². The normalized spacial score (nSPS) is 16.5. The predicted octanol–water partition coefficient (Wildman–Crippen LogP) is 2.46. The van der Waals surface area contributed by atoms with Crippen LogP contribution < -0.4 is 11.2 Å². The van der Waals surface area contributed by atoms with Crippen molar-refractivity contribution in [1.29, 1.82) is 0 Å². The summed E-state index contributed by atoms with van der Waals surface area (Å²) in [5.74, 6) is -3.12. The minimum Gasteiger partial charge on any atom is -0.370 e. The number of hydroxylamine groups is 1. The number of nitrogens with one attached hydrogen (secondary N) is 2. The van der Waals surface area contributed by atoms with Crippen LogP contribution in [0.4, 0.5) is 0 Å². The number of carbonyl (C=O) groups excluding carboxylic acids is 5. The lowest BCUT2D eigenvalue weighted by atomic mass is 9.89. The summed E-state index contributed by atoms with van der Waals surface area (Å²) in [5, 5.41) is 10.3. The number of amides is 4. The maximum absolute atomic E-state index is 13.6. The van der Waals surface area contributed by atoms with E-state index in [0.29, 0.717) is 25.8 Å². The summed E-state index contributed by atoms with van der Waals surface area (Å²) in [4.78, 5) is 70.3. The fourth-order valence-electron chi connectivity index (χ4n) is 5.52. The number of primary amides is 1. The zero-order valence-electron chi connectivity index (χ0n) is 23.4. The van der Waals surface area contributed by atoms with Gasteiger partial charge in [0.25, 0.3) is 0 Å². The fourth-order valence-corrected chi connectivity index (χ4v) is 5.52. The van der Waals surface area contributed by atoms with Gasteiger partial charge in [-0.15, -0.1) is 0 Å². The van der Waals surface area contributed by atoms with E-state index in [4.69, 9.17) is 5.73 Å². The van der Waals surface area contributed by atoms with E-state index in [0.717, 1.165) is 35.7 Å². The van der Waals surface area contributed by atoms with E-state index in [1.807, 2.05) is 24.3 Å². The Kier molecular flexibility index (Phi) is 11.2. The Bertz CT molecular complexity index is 1210. The lowest BCUT2D eigenvalue weighted by molar-refractivity contribution is -0.147. The highest BCUT2D eigenvalue weighted by Gasteiger charge is 2.39. The largest absolute Gasteiger partial charge is 0.370 e. The topological polar surface area (TPSA) is 166 Å². The Hall–Kier alpha value is -3.73. The van der Waals surface area contributed by atoms with Crippen LogP contribution in [0.1, 0.15) is 70.3 Å². The van der Waals surface area contributed by atoms with Crippen LogP contribution in [0.25, 0.3) is 10.9 Å². The van der Waals surface area contributed by atoms with Crippen molar-refractivity contribution in [1.82, 2.24) is 20.3 Å². The number of aromatic nitrogens is 1. The minimum absolute atomic E-state index is 0.00583. The summed E-state index contributed by atoms with van der Waals surface area (Å²) in [6, 6.07) is 5.85. The molecule has 4 amide bonds. The Morgan fingerprint density at radius 3 is 2.62 bits per heavy atom. The van der Waals surface area contributed by atoms with Crippen LogP contribution in [0, 0.1) is 5.92 Å². The number of likely N-dealkylation sites (tertiary alicyclic amines) is 1. The number of para-hydroxylation sites is 1. The molecule has 3 rings (SSSR count).